The van der Waals surface area contributed by atoms with E-state index >= 15 is 0 Å². The minimum atomic E-state index is 0.0937. The molecule has 1 fully saturated rings. The van der Waals surface area contributed by atoms with E-state index in [0.717, 1.165) is 25.0 Å². The van der Waals surface area contributed by atoms with E-state index in [1.54, 1.807) is 6.26 Å². The molecule has 0 spiro atoms. The molecule has 1 aromatic rings. The van der Waals surface area contributed by atoms with Gasteiger partial charge in [-0.05, 0) is 30.5 Å². The van der Waals surface area contributed by atoms with Crippen LogP contribution in [-0.4, -0.2) is 6.04 Å². The highest BCUT2D eigenvalue weighted by Gasteiger charge is 2.29. The van der Waals surface area contributed by atoms with Crippen LogP contribution in [0.5, 0.6) is 0 Å². The van der Waals surface area contributed by atoms with E-state index in [9.17, 15) is 0 Å². The van der Waals surface area contributed by atoms with Crippen molar-refractivity contribution in [1.29, 1.82) is 0 Å². The lowest BCUT2D eigenvalue weighted by Gasteiger charge is -2.10. The number of hydrogen-bond acceptors (Lipinski definition) is 2. The molecule has 0 unspecified atom stereocenters. The van der Waals surface area contributed by atoms with Gasteiger partial charge in [-0.3, -0.25) is 0 Å². The smallest absolute Gasteiger partial charge is 0.107 e. The van der Waals surface area contributed by atoms with E-state index in [1.807, 2.05) is 12.1 Å². The quantitative estimate of drug-likeness (QED) is 0.388. The predicted octanol–water partition coefficient (Wildman–Crippen LogP) is 3.23. The summed E-state index contributed by atoms with van der Waals surface area (Å²) in [7, 11) is 0. The van der Waals surface area contributed by atoms with E-state index in [2.05, 4.69) is 10.0 Å². The van der Waals surface area contributed by atoms with Crippen molar-refractivity contribution in [2.24, 2.45) is 5.11 Å². The second-order valence-corrected chi connectivity index (χ2v) is 3.33. The Bertz CT molecular complexity index is 314. The summed E-state index contributed by atoms with van der Waals surface area (Å²) in [6, 6.07) is 3.92. The zero-order chi connectivity index (χ0) is 9.10. The lowest BCUT2D eigenvalue weighted by Crippen LogP contribution is -2.07. The van der Waals surface area contributed by atoms with Crippen LogP contribution in [0.1, 0.15) is 30.9 Å². The highest BCUT2D eigenvalue weighted by atomic mass is 16.3. The highest BCUT2D eigenvalue weighted by molar-refractivity contribution is 5.11. The standard InChI is InChI=1S/C9H11N3O/c10-12-11-8-4-1-3-7(8)9-5-2-6-13-9/h2,5-8H,1,3-4H2/t7-,8-/m1/s1. The molecular formula is C9H11N3O. The summed E-state index contributed by atoms with van der Waals surface area (Å²) >= 11 is 0. The zero-order valence-corrected chi connectivity index (χ0v) is 7.26. The first-order valence-electron chi connectivity index (χ1n) is 4.49. The number of hydrogen-bond donors (Lipinski definition) is 0. The van der Waals surface area contributed by atoms with E-state index in [-0.39, 0.29) is 6.04 Å². The Morgan fingerprint density at radius 2 is 2.46 bits per heavy atom. The van der Waals surface area contributed by atoms with Gasteiger partial charge in [-0.25, -0.2) is 0 Å². The topological polar surface area (TPSA) is 61.9 Å². The lowest BCUT2D eigenvalue weighted by molar-refractivity contribution is 0.443. The van der Waals surface area contributed by atoms with Crippen LogP contribution in [0.3, 0.4) is 0 Å². The molecule has 4 nitrogen and oxygen atoms in total. The van der Waals surface area contributed by atoms with Gasteiger partial charge in [0.2, 0.25) is 0 Å². The van der Waals surface area contributed by atoms with Crippen molar-refractivity contribution in [3.05, 3.63) is 34.6 Å². The van der Waals surface area contributed by atoms with Crippen LogP contribution in [0, 0.1) is 0 Å². The summed E-state index contributed by atoms with van der Waals surface area (Å²) in [5.74, 6) is 1.25. The largest absolute Gasteiger partial charge is 0.469 e. The first-order valence-corrected chi connectivity index (χ1v) is 4.49. The Kier molecular flexibility index (Phi) is 2.23. The Hall–Kier alpha value is -1.41. The second kappa shape index (κ2) is 3.54. The monoisotopic (exact) mass is 177 g/mol. The van der Waals surface area contributed by atoms with Crippen molar-refractivity contribution < 1.29 is 4.42 Å². The van der Waals surface area contributed by atoms with Gasteiger partial charge in [-0.15, -0.1) is 0 Å². The minimum Gasteiger partial charge on any atom is -0.469 e. The van der Waals surface area contributed by atoms with Crippen molar-refractivity contribution in [3.63, 3.8) is 0 Å². The fourth-order valence-corrected chi connectivity index (χ4v) is 1.98. The third-order valence-electron chi connectivity index (χ3n) is 2.59. The van der Waals surface area contributed by atoms with Crippen molar-refractivity contribution in [2.75, 3.05) is 0 Å². The first-order chi connectivity index (χ1) is 6.42. The Labute approximate surface area is 76.2 Å². The SMILES string of the molecule is [N-]=[N+]=N[C@@H]1CCC[C@H]1c1ccco1. The molecule has 2 atom stereocenters. The molecule has 1 aliphatic carbocycles. The molecule has 0 saturated heterocycles. The van der Waals surface area contributed by atoms with Crippen molar-refractivity contribution in [1.82, 2.24) is 0 Å². The fourth-order valence-electron chi connectivity index (χ4n) is 1.98. The van der Waals surface area contributed by atoms with Crippen LogP contribution in [0.2, 0.25) is 0 Å². The van der Waals surface area contributed by atoms with Crippen molar-refractivity contribution in [3.8, 4) is 0 Å². The maximum atomic E-state index is 8.37. The highest BCUT2D eigenvalue weighted by Crippen LogP contribution is 2.36. The van der Waals surface area contributed by atoms with E-state index in [0.29, 0.717) is 5.92 Å². The molecule has 0 aliphatic heterocycles. The van der Waals surface area contributed by atoms with Crippen LogP contribution in [0.4, 0.5) is 0 Å². The Morgan fingerprint density at radius 3 is 3.15 bits per heavy atom. The predicted molar refractivity (Wildman–Crippen MR) is 48.2 cm³/mol. The summed E-state index contributed by atoms with van der Waals surface area (Å²) in [5.41, 5.74) is 8.37. The minimum absolute atomic E-state index is 0.0937. The normalized spacial score (nSPS) is 27.1. The summed E-state index contributed by atoms with van der Waals surface area (Å²) in [6.07, 6.45) is 4.84. The summed E-state index contributed by atoms with van der Waals surface area (Å²) in [5, 5.41) is 3.78. The van der Waals surface area contributed by atoms with Crippen LogP contribution in [0.25, 0.3) is 10.4 Å². The van der Waals surface area contributed by atoms with Crippen LogP contribution in [-0.2, 0) is 0 Å². The molecule has 1 heterocycles. The van der Waals surface area contributed by atoms with Gasteiger partial charge in [0.25, 0.3) is 0 Å². The van der Waals surface area contributed by atoms with Gasteiger partial charge < -0.3 is 4.42 Å². The van der Waals surface area contributed by atoms with Gasteiger partial charge >= 0.3 is 0 Å². The maximum Gasteiger partial charge on any atom is 0.107 e. The van der Waals surface area contributed by atoms with Crippen molar-refractivity contribution >= 4 is 0 Å². The van der Waals surface area contributed by atoms with Gasteiger partial charge in [0.1, 0.15) is 5.76 Å². The Balaban J connectivity index is 2.18. The molecule has 1 aromatic heterocycles. The molecule has 1 aliphatic rings. The average molecular weight is 177 g/mol. The second-order valence-electron chi connectivity index (χ2n) is 3.33. The summed E-state index contributed by atoms with van der Waals surface area (Å²) in [6.45, 7) is 0. The molecule has 0 bridgehead atoms. The number of furan rings is 1. The first kappa shape index (κ1) is 8.20. The average Bonchev–Trinajstić information content (AvgIpc) is 2.71. The van der Waals surface area contributed by atoms with Crippen LogP contribution >= 0.6 is 0 Å². The van der Waals surface area contributed by atoms with E-state index in [4.69, 9.17) is 9.95 Å². The molecule has 0 aromatic carbocycles. The number of rotatable bonds is 2. The zero-order valence-electron chi connectivity index (χ0n) is 7.26. The molecule has 68 valence electrons. The summed E-state index contributed by atoms with van der Waals surface area (Å²) in [4.78, 5) is 2.86. The Morgan fingerprint density at radius 1 is 1.54 bits per heavy atom. The van der Waals surface area contributed by atoms with Crippen LogP contribution in [0.15, 0.2) is 27.9 Å². The molecule has 1 saturated carbocycles. The molecule has 0 N–H and O–H groups in total. The molecule has 13 heavy (non-hydrogen) atoms. The number of azide groups is 1. The number of nitrogens with zero attached hydrogens (tertiary/aromatic N) is 3. The van der Waals surface area contributed by atoms with Gasteiger partial charge in [0, 0.05) is 16.9 Å². The molecule has 0 amide bonds. The van der Waals surface area contributed by atoms with E-state index in [1.165, 1.54) is 0 Å². The summed E-state index contributed by atoms with van der Waals surface area (Å²) < 4.78 is 5.31. The van der Waals surface area contributed by atoms with Gasteiger partial charge in [-0.1, -0.05) is 11.5 Å². The van der Waals surface area contributed by atoms with Gasteiger partial charge in [0.05, 0.1) is 6.26 Å². The maximum absolute atomic E-state index is 8.37. The lowest BCUT2D eigenvalue weighted by atomic mass is 10.0. The van der Waals surface area contributed by atoms with Gasteiger partial charge in [0.15, 0.2) is 0 Å². The van der Waals surface area contributed by atoms with Crippen molar-refractivity contribution in [2.45, 2.75) is 31.2 Å². The third-order valence-corrected chi connectivity index (χ3v) is 2.59. The molecule has 0 radical (unpaired) electrons. The molecule has 4 heteroatoms. The van der Waals surface area contributed by atoms with Gasteiger partial charge in [-0.2, -0.15) is 0 Å². The molecule has 2 rings (SSSR count). The molecular weight excluding hydrogens is 166 g/mol. The third kappa shape index (κ3) is 1.53. The van der Waals surface area contributed by atoms with Crippen LogP contribution < -0.4 is 0 Å². The fraction of sp³-hybridized carbons (Fsp3) is 0.556. The van der Waals surface area contributed by atoms with E-state index < -0.39 is 0 Å².